The molecule has 2 aromatic rings. The van der Waals surface area contributed by atoms with Crippen molar-refractivity contribution in [3.05, 3.63) is 53.9 Å². The number of carbonyl (C=O) groups is 2. The van der Waals surface area contributed by atoms with Gasteiger partial charge in [-0.25, -0.2) is 0 Å². The van der Waals surface area contributed by atoms with Crippen molar-refractivity contribution in [2.45, 2.75) is 25.9 Å². The number of benzene rings is 1. The molecule has 2 heterocycles. The molecule has 6 heteroatoms. The van der Waals surface area contributed by atoms with Crippen molar-refractivity contribution < 1.29 is 14.3 Å². The van der Waals surface area contributed by atoms with Crippen LogP contribution in [0.25, 0.3) is 0 Å². The number of nitrogens with one attached hydrogen (secondary N) is 2. The zero-order valence-electron chi connectivity index (χ0n) is 14.1. The van der Waals surface area contributed by atoms with Crippen molar-refractivity contribution in [1.29, 1.82) is 0 Å². The molecular weight excluding hydrogens is 318 g/mol. The molecule has 1 amide bonds. The van der Waals surface area contributed by atoms with Gasteiger partial charge in [-0.1, -0.05) is 0 Å². The Morgan fingerprint density at radius 3 is 2.68 bits per heavy atom. The van der Waals surface area contributed by atoms with Crippen LogP contribution in [0.4, 0.5) is 11.4 Å². The number of rotatable bonds is 6. The van der Waals surface area contributed by atoms with E-state index in [4.69, 9.17) is 4.74 Å². The highest BCUT2D eigenvalue weighted by Crippen LogP contribution is 2.18. The molecule has 1 saturated heterocycles. The first-order valence-corrected chi connectivity index (χ1v) is 8.36. The first-order chi connectivity index (χ1) is 12.1. The number of carbonyl (C=O) groups excluding carboxylic acids is 2. The summed E-state index contributed by atoms with van der Waals surface area (Å²) in [5, 5.41) is 6.07. The van der Waals surface area contributed by atoms with E-state index >= 15 is 0 Å². The zero-order chi connectivity index (χ0) is 17.6. The minimum atomic E-state index is -0.217. The zero-order valence-corrected chi connectivity index (χ0v) is 14.1. The summed E-state index contributed by atoms with van der Waals surface area (Å²) in [6.07, 6.45) is 3.71. The van der Waals surface area contributed by atoms with E-state index in [9.17, 15) is 9.59 Å². The average Bonchev–Trinajstić information content (AvgIpc) is 3.14. The fourth-order valence-electron chi connectivity index (χ4n) is 2.69. The van der Waals surface area contributed by atoms with Gasteiger partial charge in [0, 0.05) is 36.3 Å². The van der Waals surface area contributed by atoms with Crippen molar-refractivity contribution in [1.82, 2.24) is 10.3 Å². The van der Waals surface area contributed by atoms with Crippen LogP contribution in [0.15, 0.2) is 42.6 Å². The quantitative estimate of drug-likeness (QED) is 0.791. The Kier molecular flexibility index (Phi) is 5.40. The molecule has 2 N–H and O–H groups in total. The van der Waals surface area contributed by atoms with Crippen molar-refractivity contribution in [2.75, 3.05) is 18.5 Å². The molecule has 0 spiro atoms. The van der Waals surface area contributed by atoms with Gasteiger partial charge in [0.05, 0.1) is 6.10 Å². The number of nitrogens with zero attached hydrogens (tertiary/aromatic N) is 1. The van der Waals surface area contributed by atoms with Crippen LogP contribution in [0.5, 0.6) is 0 Å². The van der Waals surface area contributed by atoms with Crippen LogP contribution in [0.3, 0.4) is 0 Å². The number of hydrogen-bond donors (Lipinski definition) is 2. The second-order valence-corrected chi connectivity index (χ2v) is 6.03. The second-order valence-electron chi connectivity index (χ2n) is 6.03. The smallest absolute Gasteiger partial charge is 0.270 e. The molecule has 1 fully saturated rings. The molecule has 6 nitrogen and oxygen atoms in total. The van der Waals surface area contributed by atoms with Gasteiger partial charge in [0.1, 0.15) is 5.69 Å². The summed E-state index contributed by atoms with van der Waals surface area (Å²) in [5.74, 6) is -0.188. The van der Waals surface area contributed by atoms with E-state index in [0.717, 1.165) is 30.8 Å². The van der Waals surface area contributed by atoms with Crippen LogP contribution in [0.1, 0.15) is 40.6 Å². The fourth-order valence-corrected chi connectivity index (χ4v) is 2.69. The number of ketones is 1. The molecule has 0 saturated carbocycles. The lowest BCUT2D eigenvalue weighted by atomic mass is 10.1. The van der Waals surface area contributed by atoms with Gasteiger partial charge in [-0.05, 0) is 56.2 Å². The van der Waals surface area contributed by atoms with Crippen molar-refractivity contribution in [2.24, 2.45) is 0 Å². The van der Waals surface area contributed by atoms with Crippen molar-refractivity contribution in [3.8, 4) is 0 Å². The number of pyridine rings is 1. The van der Waals surface area contributed by atoms with Gasteiger partial charge in [0.2, 0.25) is 0 Å². The highest BCUT2D eigenvalue weighted by atomic mass is 16.5. The molecular formula is C19H21N3O3. The van der Waals surface area contributed by atoms with Gasteiger partial charge >= 0.3 is 0 Å². The van der Waals surface area contributed by atoms with Crippen molar-refractivity contribution in [3.63, 3.8) is 0 Å². The van der Waals surface area contributed by atoms with Gasteiger partial charge in [0.25, 0.3) is 5.91 Å². The number of hydrogen-bond acceptors (Lipinski definition) is 5. The second kappa shape index (κ2) is 7.90. The van der Waals surface area contributed by atoms with Crippen LogP contribution in [0, 0.1) is 0 Å². The van der Waals surface area contributed by atoms with Crippen LogP contribution in [0.2, 0.25) is 0 Å². The van der Waals surface area contributed by atoms with Gasteiger partial charge in [0.15, 0.2) is 5.78 Å². The molecule has 1 aliphatic rings. The largest absolute Gasteiger partial charge is 0.376 e. The number of ether oxygens (including phenoxy) is 1. The first kappa shape index (κ1) is 17.1. The molecule has 3 rings (SSSR count). The molecule has 0 bridgehead atoms. The van der Waals surface area contributed by atoms with Crippen LogP contribution in [-0.4, -0.2) is 35.9 Å². The third-order valence-corrected chi connectivity index (χ3v) is 4.09. The SMILES string of the molecule is CC(=O)c1ccc(Nc2ccnc(C(=O)NCC3CCCO3)c2)cc1. The van der Waals surface area contributed by atoms with Crippen LogP contribution < -0.4 is 10.6 Å². The topological polar surface area (TPSA) is 80.3 Å². The molecule has 25 heavy (non-hydrogen) atoms. The summed E-state index contributed by atoms with van der Waals surface area (Å²) in [6, 6.07) is 10.7. The first-order valence-electron chi connectivity index (χ1n) is 8.36. The minimum Gasteiger partial charge on any atom is -0.376 e. The summed E-state index contributed by atoms with van der Waals surface area (Å²) in [5.41, 5.74) is 2.60. The van der Waals surface area contributed by atoms with E-state index in [1.54, 1.807) is 30.5 Å². The third-order valence-electron chi connectivity index (χ3n) is 4.09. The summed E-state index contributed by atoms with van der Waals surface area (Å²) >= 11 is 0. The Bertz CT molecular complexity index is 753. The number of aromatic nitrogens is 1. The molecule has 1 aliphatic heterocycles. The lowest BCUT2D eigenvalue weighted by molar-refractivity contribution is 0.0853. The Labute approximate surface area is 146 Å². The molecule has 0 aliphatic carbocycles. The molecule has 0 radical (unpaired) electrons. The number of Topliss-reactive ketones (excluding diaryl/α,β-unsaturated/α-hetero) is 1. The predicted molar refractivity (Wildman–Crippen MR) is 95.3 cm³/mol. The Hall–Kier alpha value is -2.73. The molecule has 1 aromatic heterocycles. The standard InChI is InChI=1S/C19H21N3O3/c1-13(23)14-4-6-15(7-5-14)22-16-8-9-20-18(11-16)19(24)21-12-17-3-2-10-25-17/h4-9,11,17H,2-3,10,12H2,1H3,(H,20,22)(H,21,24). The minimum absolute atomic E-state index is 0.0284. The summed E-state index contributed by atoms with van der Waals surface area (Å²) in [7, 11) is 0. The Morgan fingerprint density at radius 1 is 1.20 bits per heavy atom. The monoisotopic (exact) mass is 339 g/mol. The molecule has 1 aromatic carbocycles. The van der Waals surface area contributed by atoms with Crippen LogP contribution in [-0.2, 0) is 4.74 Å². The van der Waals surface area contributed by atoms with Crippen molar-refractivity contribution >= 4 is 23.1 Å². The maximum Gasteiger partial charge on any atom is 0.270 e. The van der Waals surface area contributed by atoms with E-state index in [-0.39, 0.29) is 17.8 Å². The lowest BCUT2D eigenvalue weighted by Gasteiger charge is -2.11. The number of amides is 1. The van der Waals surface area contributed by atoms with E-state index in [0.29, 0.717) is 17.8 Å². The average molecular weight is 339 g/mol. The van der Waals surface area contributed by atoms with Gasteiger partial charge in [-0.15, -0.1) is 0 Å². The van der Waals surface area contributed by atoms with Gasteiger partial charge in [-0.3, -0.25) is 14.6 Å². The Morgan fingerprint density at radius 2 is 2.00 bits per heavy atom. The Balaban J connectivity index is 1.62. The maximum atomic E-state index is 12.2. The number of anilines is 2. The van der Waals surface area contributed by atoms with E-state index in [1.165, 1.54) is 6.92 Å². The molecule has 1 atom stereocenters. The summed E-state index contributed by atoms with van der Waals surface area (Å²) < 4.78 is 5.50. The fraction of sp³-hybridized carbons (Fsp3) is 0.316. The predicted octanol–water partition coefficient (Wildman–Crippen LogP) is 2.94. The summed E-state index contributed by atoms with van der Waals surface area (Å²) in [4.78, 5) is 27.7. The maximum absolute atomic E-state index is 12.2. The third kappa shape index (κ3) is 4.64. The van der Waals surface area contributed by atoms with E-state index in [2.05, 4.69) is 15.6 Å². The highest BCUT2D eigenvalue weighted by molar-refractivity contribution is 5.94. The van der Waals surface area contributed by atoms with Gasteiger partial charge in [-0.2, -0.15) is 0 Å². The van der Waals surface area contributed by atoms with Crippen LogP contribution >= 0.6 is 0 Å². The highest BCUT2D eigenvalue weighted by Gasteiger charge is 2.17. The molecule has 130 valence electrons. The van der Waals surface area contributed by atoms with E-state index in [1.807, 2.05) is 12.1 Å². The summed E-state index contributed by atoms with van der Waals surface area (Å²) in [6.45, 7) is 2.80. The normalized spacial score (nSPS) is 16.4. The van der Waals surface area contributed by atoms with Gasteiger partial charge < -0.3 is 15.4 Å². The molecule has 1 unspecified atom stereocenters. The van der Waals surface area contributed by atoms with E-state index < -0.39 is 0 Å². The lowest BCUT2D eigenvalue weighted by Crippen LogP contribution is -2.32.